The standard InChI is InChI=1S/C19H21BrF2N2O4S/c1-19(2,3)24-29(26,27)15-7-4-12(5-8-15)17(25)23-11-13-10-14(20)6-9-16(13)28-18(21)22/h4-10,18,24H,11H2,1-3H3,(H,23,25). The molecule has 2 N–H and O–H groups in total. The first-order chi connectivity index (χ1) is 13.4. The van der Waals surface area contributed by atoms with Crippen molar-refractivity contribution in [2.45, 2.75) is 44.4 Å². The number of hydrogen-bond donors (Lipinski definition) is 2. The summed E-state index contributed by atoms with van der Waals surface area (Å²) in [7, 11) is -3.71. The first-order valence-electron chi connectivity index (χ1n) is 8.53. The zero-order valence-corrected chi connectivity index (χ0v) is 18.4. The fourth-order valence-electron chi connectivity index (χ4n) is 2.42. The first kappa shape index (κ1) is 23.2. The van der Waals surface area contributed by atoms with Crippen LogP contribution in [0.1, 0.15) is 36.7 Å². The summed E-state index contributed by atoms with van der Waals surface area (Å²) in [6, 6.07) is 9.90. The van der Waals surface area contributed by atoms with Gasteiger partial charge in [-0.2, -0.15) is 8.78 Å². The third-order valence-electron chi connectivity index (χ3n) is 3.55. The average molecular weight is 491 g/mol. The van der Waals surface area contributed by atoms with Gasteiger partial charge in [-0.15, -0.1) is 0 Å². The minimum Gasteiger partial charge on any atom is -0.434 e. The third-order valence-corrected chi connectivity index (χ3v) is 5.81. The molecule has 0 spiro atoms. The highest BCUT2D eigenvalue weighted by Crippen LogP contribution is 2.25. The van der Waals surface area contributed by atoms with E-state index in [9.17, 15) is 22.0 Å². The van der Waals surface area contributed by atoms with Crippen LogP contribution in [-0.4, -0.2) is 26.5 Å². The lowest BCUT2D eigenvalue weighted by atomic mass is 10.1. The second-order valence-corrected chi connectivity index (χ2v) is 9.79. The van der Waals surface area contributed by atoms with Gasteiger partial charge < -0.3 is 10.1 Å². The van der Waals surface area contributed by atoms with Crippen LogP contribution in [0.3, 0.4) is 0 Å². The maximum atomic E-state index is 12.5. The maximum absolute atomic E-state index is 12.5. The first-order valence-corrected chi connectivity index (χ1v) is 10.8. The van der Waals surface area contributed by atoms with E-state index in [-0.39, 0.29) is 22.8 Å². The van der Waals surface area contributed by atoms with Gasteiger partial charge in [-0.25, -0.2) is 13.1 Å². The van der Waals surface area contributed by atoms with E-state index in [1.54, 1.807) is 32.9 Å². The molecule has 6 nitrogen and oxygen atoms in total. The van der Waals surface area contributed by atoms with E-state index in [0.717, 1.165) is 0 Å². The Morgan fingerprint density at radius 3 is 2.31 bits per heavy atom. The summed E-state index contributed by atoms with van der Waals surface area (Å²) < 4.78 is 57.3. The Bertz CT molecular complexity index is 975. The van der Waals surface area contributed by atoms with Gasteiger partial charge in [-0.1, -0.05) is 15.9 Å². The Kier molecular flexibility index (Phi) is 7.36. The molecule has 0 aliphatic carbocycles. The van der Waals surface area contributed by atoms with Crippen molar-refractivity contribution in [3.63, 3.8) is 0 Å². The molecule has 10 heteroatoms. The van der Waals surface area contributed by atoms with Crippen molar-refractivity contribution in [3.8, 4) is 5.75 Å². The predicted octanol–water partition coefficient (Wildman–Crippen LogP) is 4.06. The van der Waals surface area contributed by atoms with E-state index in [4.69, 9.17) is 0 Å². The molecule has 2 aromatic rings. The van der Waals surface area contributed by atoms with Gasteiger partial charge in [-0.3, -0.25) is 4.79 Å². The molecule has 29 heavy (non-hydrogen) atoms. The molecule has 0 aliphatic heterocycles. The molecule has 2 aromatic carbocycles. The van der Waals surface area contributed by atoms with Crippen molar-refractivity contribution >= 4 is 31.9 Å². The van der Waals surface area contributed by atoms with Gasteiger partial charge in [0.05, 0.1) is 4.90 Å². The Balaban J connectivity index is 2.10. The van der Waals surface area contributed by atoms with E-state index in [0.29, 0.717) is 10.0 Å². The van der Waals surface area contributed by atoms with Gasteiger partial charge in [0.2, 0.25) is 10.0 Å². The van der Waals surface area contributed by atoms with Crippen molar-refractivity contribution < 1.29 is 26.7 Å². The zero-order chi connectivity index (χ0) is 21.8. The molecule has 0 radical (unpaired) electrons. The van der Waals surface area contributed by atoms with Crippen LogP contribution in [0.2, 0.25) is 0 Å². The summed E-state index contributed by atoms with van der Waals surface area (Å²) >= 11 is 3.24. The molecule has 2 rings (SSSR count). The second-order valence-electron chi connectivity index (χ2n) is 7.19. The zero-order valence-electron chi connectivity index (χ0n) is 16.0. The lowest BCUT2D eigenvalue weighted by Gasteiger charge is -2.20. The van der Waals surface area contributed by atoms with Crippen molar-refractivity contribution in [2.24, 2.45) is 0 Å². The Morgan fingerprint density at radius 1 is 1.14 bits per heavy atom. The average Bonchev–Trinajstić information content (AvgIpc) is 2.59. The number of rotatable bonds is 7. The van der Waals surface area contributed by atoms with Gasteiger partial charge in [0.25, 0.3) is 5.91 Å². The van der Waals surface area contributed by atoms with E-state index >= 15 is 0 Å². The number of amides is 1. The minimum absolute atomic E-state index is 0.0311. The van der Waals surface area contributed by atoms with Crippen molar-refractivity contribution in [2.75, 3.05) is 0 Å². The number of nitrogens with one attached hydrogen (secondary N) is 2. The monoisotopic (exact) mass is 490 g/mol. The molecular weight excluding hydrogens is 470 g/mol. The van der Waals surface area contributed by atoms with E-state index in [1.807, 2.05) is 0 Å². The lowest BCUT2D eigenvalue weighted by molar-refractivity contribution is -0.0504. The molecule has 0 aromatic heterocycles. The second kappa shape index (κ2) is 9.19. The van der Waals surface area contributed by atoms with Crippen molar-refractivity contribution in [1.29, 1.82) is 0 Å². The van der Waals surface area contributed by atoms with E-state index in [2.05, 4.69) is 30.7 Å². The molecule has 0 saturated carbocycles. The molecule has 0 atom stereocenters. The lowest BCUT2D eigenvalue weighted by Crippen LogP contribution is -2.40. The van der Waals surface area contributed by atoms with Crippen LogP contribution in [0, 0.1) is 0 Å². The topological polar surface area (TPSA) is 84.5 Å². The SMILES string of the molecule is CC(C)(C)NS(=O)(=O)c1ccc(C(=O)NCc2cc(Br)ccc2OC(F)F)cc1. The molecule has 0 heterocycles. The summed E-state index contributed by atoms with van der Waals surface area (Å²) in [4.78, 5) is 12.4. The fraction of sp³-hybridized carbons (Fsp3) is 0.316. The quantitative estimate of drug-likeness (QED) is 0.612. The molecular formula is C19H21BrF2N2O4S. The summed E-state index contributed by atoms with van der Waals surface area (Å²) in [5.74, 6) is -0.529. The molecule has 1 amide bonds. The highest BCUT2D eigenvalue weighted by molar-refractivity contribution is 9.10. The summed E-state index contributed by atoms with van der Waals surface area (Å²) in [5, 5.41) is 2.60. The largest absolute Gasteiger partial charge is 0.434 e. The Labute approximate surface area is 176 Å². The molecule has 0 fully saturated rings. The smallest absolute Gasteiger partial charge is 0.387 e. The molecule has 158 valence electrons. The summed E-state index contributed by atoms with van der Waals surface area (Å²) in [5.41, 5.74) is -0.0516. The third kappa shape index (κ3) is 7.06. The normalized spacial score (nSPS) is 12.1. The van der Waals surface area contributed by atoms with Gasteiger partial charge in [0, 0.05) is 27.7 Å². The number of benzene rings is 2. The minimum atomic E-state index is -3.71. The van der Waals surface area contributed by atoms with Crippen LogP contribution in [0.15, 0.2) is 51.8 Å². The number of carbonyl (C=O) groups excluding carboxylic acids is 1. The van der Waals surface area contributed by atoms with Crippen LogP contribution in [0.25, 0.3) is 0 Å². The number of sulfonamides is 1. The van der Waals surface area contributed by atoms with Crippen molar-refractivity contribution in [3.05, 3.63) is 58.1 Å². The number of halogens is 3. The molecule has 0 saturated heterocycles. The highest BCUT2D eigenvalue weighted by Gasteiger charge is 2.22. The predicted molar refractivity (Wildman–Crippen MR) is 108 cm³/mol. The van der Waals surface area contributed by atoms with E-state index < -0.39 is 28.1 Å². The van der Waals surface area contributed by atoms with Crippen LogP contribution in [0.5, 0.6) is 5.75 Å². The summed E-state index contributed by atoms with van der Waals surface area (Å²) in [6.07, 6.45) is 0. The Morgan fingerprint density at radius 2 is 1.76 bits per heavy atom. The van der Waals surface area contributed by atoms with Gasteiger partial charge in [-0.05, 0) is 63.2 Å². The van der Waals surface area contributed by atoms with Gasteiger partial charge in [0.1, 0.15) is 5.75 Å². The molecule has 0 unspecified atom stereocenters. The number of alkyl halides is 2. The fourth-order valence-corrected chi connectivity index (χ4v) is 4.25. The number of carbonyl (C=O) groups is 1. The van der Waals surface area contributed by atoms with Crippen LogP contribution >= 0.6 is 15.9 Å². The number of ether oxygens (including phenoxy) is 1. The summed E-state index contributed by atoms with van der Waals surface area (Å²) in [6.45, 7) is 2.13. The maximum Gasteiger partial charge on any atom is 0.387 e. The van der Waals surface area contributed by atoms with Gasteiger partial charge >= 0.3 is 6.61 Å². The molecule has 0 bridgehead atoms. The highest BCUT2D eigenvalue weighted by atomic mass is 79.9. The Hall–Kier alpha value is -2.04. The number of hydrogen-bond acceptors (Lipinski definition) is 4. The van der Waals surface area contributed by atoms with Crippen molar-refractivity contribution in [1.82, 2.24) is 10.0 Å². The van der Waals surface area contributed by atoms with Crippen LogP contribution in [0.4, 0.5) is 8.78 Å². The van der Waals surface area contributed by atoms with Gasteiger partial charge in [0.15, 0.2) is 0 Å². The molecule has 0 aliphatic rings. The van der Waals surface area contributed by atoms with Crippen LogP contribution in [-0.2, 0) is 16.6 Å². The van der Waals surface area contributed by atoms with Crippen LogP contribution < -0.4 is 14.8 Å². The van der Waals surface area contributed by atoms with E-state index in [1.165, 1.54) is 30.3 Å².